The molecule has 0 atom stereocenters. The van der Waals surface area contributed by atoms with E-state index in [1.807, 2.05) is 13.8 Å². The van der Waals surface area contributed by atoms with E-state index in [4.69, 9.17) is 9.84 Å². The first-order chi connectivity index (χ1) is 11.6. The van der Waals surface area contributed by atoms with Gasteiger partial charge in [-0.1, -0.05) is 12.8 Å². The maximum Gasteiger partial charge on any atom is 0.378 e. The number of esters is 1. The number of carboxylic acids is 1. The fourth-order valence-electron chi connectivity index (χ4n) is 2.97. The van der Waals surface area contributed by atoms with Crippen molar-refractivity contribution in [2.24, 2.45) is 5.92 Å². The summed E-state index contributed by atoms with van der Waals surface area (Å²) in [5.74, 6) is -6.41. The second kappa shape index (κ2) is 7.37. The Labute approximate surface area is 144 Å². The molecule has 0 aromatic heterocycles. The number of aliphatic carboxylic acids is 1. The van der Waals surface area contributed by atoms with Gasteiger partial charge in [0.2, 0.25) is 0 Å². The Morgan fingerprint density at radius 1 is 1.16 bits per heavy atom. The van der Waals surface area contributed by atoms with Gasteiger partial charge in [-0.3, -0.25) is 0 Å². The molecule has 0 spiro atoms. The van der Waals surface area contributed by atoms with Crippen LogP contribution in [0, 0.1) is 5.92 Å². The van der Waals surface area contributed by atoms with Gasteiger partial charge in [-0.2, -0.15) is 8.78 Å². The van der Waals surface area contributed by atoms with Crippen LogP contribution in [0.1, 0.15) is 49.9 Å². The van der Waals surface area contributed by atoms with E-state index in [1.54, 1.807) is 12.1 Å². The molecule has 0 heterocycles. The molecular weight excluding hydrogens is 334 g/mol. The predicted octanol–water partition coefficient (Wildman–Crippen LogP) is 3.91. The second-order valence-electron chi connectivity index (χ2n) is 6.80. The summed E-state index contributed by atoms with van der Waals surface area (Å²) in [6.45, 7) is 2.55. The Balaban J connectivity index is 1.95. The van der Waals surface area contributed by atoms with E-state index in [1.165, 1.54) is 25.0 Å². The van der Waals surface area contributed by atoms with E-state index in [0.717, 1.165) is 12.8 Å². The minimum atomic E-state index is -4.11. The summed E-state index contributed by atoms with van der Waals surface area (Å²) in [4.78, 5) is 22.0. The molecule has 25 heavy (non-hydrogen) atoms. The van der Waals surface area contributed by atoms with Crippen LogP contribution >= 0.6 is 0 Å². The van der Waals surface area contributed by atoms with Gasteiger partial charge < -0.3 is 14.6 Å². The topological polar surface area (TPSA) is 72.8 Å². The average molecular weight is 356 g/mol. The van der Waals surface area contributed by atoms with Crippen molar-refractivity contribution in [1.29, 1.82) is 0 Å². The summed E-state index contributed by atoms with van der Waals surface area (Å²) in [7, 11) is 0. The number of carbonyl (C=O) groups is 2. The standard InChI is InChI=1S/C18H22F2O5/c1-17(2,13-5-3-4-6-13)25-14-9-7-12(8-10-14)15(21)24-11-18(19,20)16(22)23/h7-10,13H,3-6,11H2,1-2H3,(H,22,23). The van der Waals surface area contributed by atoms with Crippen molar-refractivity contribution in [3.63, 3.8) is 0 Å². The van der Waals surface area contributed by atoms with Crippen molar-refractivity contribution in [2.75, 3.05) is 6.61 Å². The second-order valence-corrected chi connectivity index (χ2v) is 6.80. The smallest absolute Gasteiger partial charge is 0.378 e. The van der Waals surface area contributed by atoms with Gasteiger partial charge >= 0.3 is 17.9 Å². The zero-order valence-corrected chi connectivity index (χ0v) is 14.3. The molecule has 0 unspecified atom stereocenters. The summed E-state index contributed by atoms with van der Waals surface area (Å²) in [5, 5.41) is 8.30. The largest absolute Gasteiger partial charge is 0.488 e. The zero-order chi connectivity index (χ0) is 18.7. The number of hydrogen-bond acceptors (Lipinski definition) is 4. The first kappa shape index (κ1) is 19.1. The third kappa shape index (κ3) is 4.90. The quantitative estimate of drug-likeness (QED) is 0.750. The van der Waals surface area contributed by atoms with Gasteiger partial charge in [-0.05, 0) is 56.9 Å². The molecule has 0 bridgehead atoms. The molecule has 7 heteroatoms. The molecule has 1 saturated carbocycles. The van der Waals surface area contributed by atoms with Crippen molar-refractivity contribution >= 4 is 11.9 Å². The van der Waals surface area contributed by atoms with Gasteiger partial charge in [0.1, 0.15) is 11.4 Å². The predicted molar refractivity (Wildman–Crippen MR) is 86.0 cm³/mol. The lowest BCUT2D eigenvalue weighted by Crippen LogP contribution is -2.36. The molecule has 2 rings (SSSR count). The Morgan fingerprint density at radius 3 is 2.24 bits per heavy atom. The maximum atomic E-state index is 12.9. The van der Waals surface area contributed by atoms with Crippen LogP contribution in [0.25, 0.3) is 0 Å². The van der Waals surface area contributed by atoms with Gasteiger partial charge in [0, 0.05) is 0 Å². The highest BCUT2D eigenvalue weighted by molar-refractivity contribution is 5.89. The van der Waals surface area contributed by atoms with Crippen LogP contribution in [0.5, 0.6) is 5.75 Å². The van der Waals surface area contributed by atoms with Crippen molar-refractivity contribution in [3.05, 3.63) is 29.8 Å². The number of benzene rings is 1. The average Bonchev–Trinajstić information content (AvgIpc) is 3.08. The fraction of sp³-hybridized carbons (Fsp3) is 0.556. The number of halogens is 2. The number of alkyl halides is 2. The van der Waals surface area contributed by atoms with Crippen LogP contribution < -0.4 is 4.74 Å². The number of rotatable bonds is 7. The summed E-state index contributed by atoms with van der Waals surface area (Å²) in [6, 6.07) is 5.95. The van der Waals surface area contributed by atoms with E-state index >= 15 is 0 Å². The molecule has 0 saturated heterocycles. The third-order valence-electron chi connectivity index (χ3n) is 4.51. The SMILES string of the molecule is CC(C)(Oc1ccc(C(=O)OCC(F)(F)C(=O)O)cc1)C1CCCC1. The zero-order valence-electron chi connectivity index (χ0n) is 14.3. The molecule has 0 radical (unpaired) electrons. The Kier molecular flexibility index (Phi) is 5.65. The molecule has 1 aromatic rings. The third-order valence-corrected chi connectivity index (χ3v) is 4.51. The van der Waals surface area contributed by atoms with Crippen LogP contribution in [0.4, 0.5) is 8.78 Å². The van der Waals surface area contributed by atoms with Gasteiger partial charge in [0.15, 0.2) is 6.61 Å². The van der Waals surface area contributed by atoms with Crippen LogP contribution in [-0.4, -0.2) is 35.2 Å². The number of hydrogen-bond donors (Lipinski definition) is 1. The van der Waals surface area contributed by atoms with E-state index in [-0.39, 0.29) is 11.2 Å². The van der Waals surface area contributed by atoms with Gasteiger partial charge in [-0.25, -0.2) is 9.59 Å². The summed E-state index contributed by atoms with van der Waals surface area (Å²) in [6.07, 6.45) is 4.64. The fourth-order valence-corrected chi connectivity index (χ4v) is 2.97. The van der Waals surface area contributed by atoms with E-state index in [2.05, 4.69) is 4.74 Å². The van der Waals surface area contributed by atoms with Crippen molar-refractivity contribution < 1.29 is 33.0 Å². The highest BCUT2D eigenvalue weighted by Gasteiger charge is 2.40. The first-order valence-corrected chi connectivity index (χ1v) is 8.19. The molecule has 0 amide bonds. The molecule has 1 N–H and O–H groups in total. The van der Waals surface area contributed by atoms with Crippen molar-refractivity contribution in [2.45, 2.75) is 51.1 Å². The summed E-state index contributed by atoms with van der Waals surface area (Å²) >= 11 is 0. The summed E-state index contributed by atoms with van der Waals surface area (Å²) < 4.78 is 36.2. The number of carbonyl (C=O) groups excluding carboxylic acids is 1. The first-order valence-electron chi connectivity index (χ1n) is 8.19. The van der Waals surface area contributed by atoms with Crippen molar-refractivity contribution in [3.8, 4) is 5.75 Å². The maximum absolute atomic E-state index is 12.9. The van der Waals surface area contributed by atoms with Gasteiger partial charge in [-0.15, -0.1) is 0 Å². The lowest BCUT2D eigenvalue weighted by molar-refractivity contribution is -0.170. The van der Waals surface area contributed by atoms with Gasteiger partial charge in [0.25, 0.3) is 0 Å². The molecule has 1 aliphatic carbocycles. The monoisotopic (exact) mass is 356 g/mol. The molecule has 1 aromatic carbocycles. The molecule has 0 aliphatic heterocycles. The lowest BCUT2D eigenvalue weighted by atomic mass is 9.89. The van der Waals surface area contributed by atoms with E-state index < -0.39 is 24.5 Å². The van der Waals surface area contributed by atoms with E-state index in [0.29, 0.717) is 11.7 Å². The van der Waals surface area contributed by atoms with E-state index in [9.17, 15) is 18.4 Å². The Bertz CT molecular complexity index is 619. The highest BCUT2D eigenvalue weighted by Crippen LogP contribution is 2.36. The molecule has 138 valence electrons. The van der Waals surface area contributed by atoms with Gasteiger partial charge in [0.05, 0.1) is 5.56 Å². The molecule has 1 aliphatic rings. The van der Waals surface area contributed by atoms with Crippen LogP contribution in [-0.2, 0) is 9.53 Å². The summed E-state index contributed by atoms with van der Waals surface area (Å²) in [5.41, 5.74) is -0.283. The number of ether oxygens (including phenoxy) is 2. The van der Waals surface area contributed by atoms with Crippen LogP contribution in [0.15, 0.2) is 24.3 Å². The van der Waals surface area contributed by atoms with Crippen molar-refractivity contribution in [1.82, 2.24) is 0 Å². The minimum absolute atomic E-state index is 0.0483. The Morgan fingerprint density at radius 2 is 1.72 bits per heavy atom. The minimum Gasteiger partial charge on any atom is -0.488 e. The molecule has 5 nitrogen and oxygen atoms in total. The number of carboxylic acid groups (broad SMARTS) is 1. The molecular formula is C18H22F2O5. The van der Waals surface area contributed by atoms with Crippen LogP contribution in [0.3, 0.4) is 0 Å². The highest BCUT2D eigenvalue weighted by atomic mass is 19.3. The lowest BCUT2D eigenvalue weighted by Gasteiger charge is -2.32. The van der Waals surface area contributed by atoms with Crippen LogP contribution in [0.2, 0.25) is 0 Å². The normalized spacial score (nSPS) is 15.8. The Hall–Kier alpha value is -2.18. The molecule has 1 fully saturated rings.